The van der Waals surface area contributed by atoms with Gasteiger partial charge in [0, 0.05) is 29.0 Å². The Labute approximate surface area is 133 Å². The van der Waals surface area contributed by atoms with Crippen LogP contribution < -0.4 is 16.0 Å². The molecular weight excluding hydrogens is 302 g/mol. The van der Waals surface area contributed by atoms with Gasteiger partial charge in [0.15, 0.2) is 0 Å². The number of anilines is 2. The number of hydrogen-bond acceptors (Lipinski definition) is 3. The molecule has 0 unspecified atom stereocenters. The summed E-state index contributed by atoms with van der Waals surface area (Å²) in [6.07, 6.45) is 0. The third-order valence-electron chi connectivity index (χ3n) is 2.93. The number of carbonyl (C=O) groups is 2. The quantitative estimate of drug-likeness (QED) is 0.794. The molecule has 5 nitrogen and oxygen atoms in total. The van der Waals surface area contributed by atoms with Gasteiger partial charge in [0.1, 0.15) is 0 Å². The zero-order chi connectivity index (χ0) is 15.9. The first-order valence-electron chi connectivity index (χ1n) is 6.70. The molecule has 0 saturated carbocycles. The molecule has 0 aromatic heterocycles. The molecule has 114 valence electrons. The van der Waals surface area contributed by atoms with Crippen LogP contribution in [-0.4, -0.2) is 25.4 Å². The molecule has 0 bridgehead atoms. The maximum Gasteiger partial charge on any atom is 0.251 e. The monoisotopic (exact) mass is 317 g/mol. The normalized spacial score (nSPS) is 9.91. The van der Waals surface area contributed by atoms with Crippen molar-refractivity contribution in [3.8, 4) is 0 Å². The summed E-state index contributed by atoms with van der Waals surface area (Å²) in [5, 5.41) is 8.90. The fourth-order valence-electron chi connectivity index (χ4n) is 1.84. The standard InChI is InChI=1S/C16H16ClN3O2/c1-18-16(22)11-3-2-4-14(9-11)20-15(21)10-19-13-7-5-12(17)6-8-13/h2-9,19H,10H2,1H3,(H,18,22)(H,20,21). The van der Waals surface area contributed by atoms with E-state index in [2.05, 4.69) is 16.0 Å². The van der Waals surface area contributed by atoms with Crippen LogP contribution in [0.25, 0.3) is 0 Å². The molecule has 0 aliphatic carbocycles. The highest BCUT2D eigenvalue weighted by atomic mass is 35.5. The Balaban J connectivity index is 1.91. The number of carbonyl (C=O) groups excluding carboxylic acids is 2. The average molecular weight is 318 g/mol. The SMILES string of the molecule is CNC(=O)c1cccc(NC(=O)CNc2ccc(Cl)cc2)c1. The minimum atomic E-state index is -0.205. The molecule has 0 radical (unpaired) electrons. The van der Waals surface area contributed by atoms with E-state index in [-0.39, 0.29) is 18.4 Å². The van der Waals surface area contributed by atoms with Crippen molar-refractivity contribution in [2.24, 2.45) is 0 Å². The Hall–Kier alpha value is -2.53. The lowest BCUT2D eigenvalue weighted by Crippen LogP contribution is -2.22. The largest absolute Gasteiger partial charge is 0.376 e. The van der Waals surface area contributed by atoms with Gasteiger partial charge in [-0.2, -0.15) is 0 Å². The van der Waals surface area contributed by atoms with E-state index in [1.54, 1.807) is 55.6 Å². The molecule has 3 N–H and O–H groups in total. The average Bonchev–Trinajstić information content (AvgIpc) is 2.54. The third kappa shape index (κ3) is 4.49. The number of halogens is 1. The van der Waals surface area contributed by atoms with Crippen molar-refractivity contribution in [2.75, 3.05) is 24.2 Å². The maximum absolute atomic E-state index is 11.9. The molecule has 0 heterocycles. The van der Waals surface area contributed by atoms with Crippen molar-refractivity contribution < 1.29 is 9.59 Å². The predicted octanol–water partition coefficient (Wildman–Crippen LogP) is 2.75. The number of rotatable bonds is 5. The van der Waals surface area contributed by atoms with Crippen molar-refractivity contribution in [1.82, 2.24) is 5.32 Å². The Morgan fingerprint density at radius 1 is 1.05 bits per heavy atom. The molecule has 0 saturated heterocycles. The van der Waals surface area contributed by atoms with Gasteiger partial charge in [0.2, 0.25) is 5.91 Å². The van der Waals surface area contributed by atoms with Crippen LogP contribution in [0.15, 0.2) is 48.5 Å². The lowest BCUT2D eigenvalue weighted by atomic mass is 10.2. The van der Waals surface area contributed by atoms with E-state index in [1.807, 2.05) is 0 Å². The van der Waals surface area contributed by atoms with Crippen LogP contribution in [0.3, 0.4) is 0 Å². The van der Waals surface area contributed by atoms with E-state index < -0.39 is 0 Å². The van der Waals surface area contributed by atoms with E-state index >= 15 is 0 Å². The second kappa shape index (κ2) is 7.47. The van der Waals surface area contributed by atoms with Gasteiger partial charge >= 0.3 is 0 Å². The Morgan fingerprint density at radius 3 is 2.45 bits per heavy atom. The smallest absolute Gasteiger partial charge is 0.251 e. The molecule has 2 rings (SSSR count). The maximum atomic E-state index is 11.9. The Kier molecular flexibility index (Phi) is 5.38. The van der Waals surface area contributed by atoms with Crippen LogP contribution >= 0.6 is 11.6 Å². The van der Waals surface area contributed by atoms with Gasteiger partial charge in [0.25, 0.3) is 5.91 Å². The highest BCUT2D eigenvalue weighted by Gasteiger charge is 2.06. The van der Waals surface area contributed by atoms with Crippen LogP contribution in [-0.2, 0) is 4.79 Å². The molecule has 0 aliphatic heterocycles. The van der Waals surface area contributed by atoms with Crippen LogP contribution in [0.1, 0.15) is 10.4 Å². The molecule has 2 aromatic rings. The second-order valence-electron chi connectivity index (χ2n) is 4.57. The zero-order valence-electron chi connectivity index (χ0n) is 12.0. The number of nitrogens with one attached hydrogen (secondary N) is 3. The third-order valence-corrected chi connectivity index (χ3v) is 3.18. The highest BCUT2D eigenvalue weighted by Crippen LogP contribution is 2.13. The predicted molar refractivity (Wildman–Crippen MR) is 88.4 cm³/mol. The van der Waals surface area contributed by atoms with Gasteiger partial charge in [-0.05, 0) is 42.5 Å². The molecule has 6 heteroatoms. The summed E-state index contributed by atoms with van der Waals surface area (Å²) in [6, 6.07) is 13.8. The van der Waals surface area contributed by atoms with E-state index in [0.717, 1.165) is 5.69 Å². The van der Waals surface area contributed by atoms with Crippen molar-refractivity contribution in [2.45, 2.75) is 0 Å². The van der Waals surface area contributed by atoms with Gasteiger partial charge in [-0.1, -0.05) is 17.7 Å². The van der Waals surface area contributed by atoms with Gasteiger partial charge in [-0.15, -0.1) is 0 Å². The minimum absolute atomic E-state index is 0.117. The van der Waals surface area contributed by atoms with Gasteiger partial charge < -0.3 is 16.0 Å². The van der Waals surface area contributed by atoms with E-state index in [0.29, 0.717) is 16.3 Å². The van der Waals surface area contributed by atoms with Gasteiger partial charge in [-0.25, -0.2) is 0 Å². The highest BCUT2D eigenvalue weighted by molar-refractivity contribution is 6.30. The first-order valence-corrected chi connectivity index (χ1v) is 7.08. The van der Waals surface area contributed by atoms with Crippen molar-refractivity contribution in [3.63, 3.8) is 0 Å². The van der Waals surface area contributed by atoms with Crippen molar-refractivity contribution >= 4 is 34.8 Å². The van der Waals surface area contributed by atoms with Crippen molar-refractivity contribution in [3.05, 3.63) is 59.1 Å². The van der Waals surface area contributed by atoms with E-state index in [9.17, 15) is 9.59 Å². The topological polar surface area (TPSA) is 70.2 Å². The lowest BCUT2D eigenvalue weighted by molar-refractivity contribution is -0.114. The zero-order valence-corrected chi connectivity index (χ0v) is 12.8. The number of benzene rings is 2. The first-order chi connectivity index (χ1) is 10.6. The molecular formula is C16H16ClN3O2. The summed E-state index contributed by atoms with van der Waals surface area (Å²) in [4.78, 5) is 23.4. The molecule has 0 aliphatic rings. The molecule has 0 fully saturated rings. The Bertz CT molecular complexity index is 671. The minimum Gasteiger partial charge on any atom is -0.376 e. The van der Waals surface area contributed by atoms with Gasteiger partial charge in [-0.3, -0.25) is 9.59 Å². The summed E-state index contributed by atoms with van der Waals surface area (Å²) in [7, 11) is 1.56. The summed E-state index contributed by atoms with van der Waals surface area (Å²) in [5.41, 5.74) is 1.87. The second-order valence-corrected chi connectivity index (χ2v) is 5.00. The van der Waals surface area contributed by atoms with Gasteiger partial charge in [0.05, 0.1) is 6.54 Å². The van der Waals surface area contributed by atoms with Crippen LogP contribution in [0.5, 0.6) is 0 Å². The van der Waals surface area contributed by atoms with Crippen LogP contribution in [0.2, 0.25) is 5.02 Å². The molecule has 0 atom stereocenters. The summed E-state index contributed by atoms with van der Waals surface area (Å²) < 4.78 is 0. The molecule has 2 amide bonds. The molecule has 0 spiro atoms. The molecule has 2 aromatic carbocycles. The Morgan fingerprint density at radius 2 is 1.77 bits per heavy atom. The van der Waals surface area contributed by atoms with Crippen LogP contribution in [0, 0.1) is 0 Å². The molecule has 22 heavy (non-hydrogen) atoms. The van der Waals surface area contributed by atoms with Crippen molar-refractivity contribution in [1.29, 1.82) is 0 Å². The fraction of sp³-hybridized carbons (Fsp3) is 0.125. The van der Waals surface area contributed by atoms with Crippen LogP contribution in [0.4, 0.5) is 11.4 Å². The first kappa shape index (κ1) is 15.9. The summed E-state index contributed by atoms with van der Waals surface area (Å²) >= 11 is 5.79. The summed E-state index contributed by atoms with van der Waals surface area (Å²) in [5.74, 6) is -0.403. The fourth-order valence-corrected chi connectivity index (χ4v) is 1.96. The van der Waals surface area contributed by atoms with E-state index in [4.69, 9.17) is 11.6 Å². The summed E-state index contributed by atoms with van der Waals surface area (Å²) in [6.45, 7) is 0.117. The lowest BCUT2D eigenvalue weighted by Gasteiger charge is -2.09. The number of amides is 2. The number of hydrogen-bond donors (Lipinski definition) is 3. The van der Waals surface area contributed by atoms with E-state index in [1.165, 1.54) is 0 Å².